The molecule has 1 aromatic carbocycles. The van der Waals surface area contributed by atoms with Crippen molar-refractivity contribution in [2.24, 2.45) is 5.73 Å². The number of nitrogens with two attached hydrogens (primary N) is 1. The van der Waals surface area contributed by atoms with E-state index in [0.717, 1.165) is 11.3 Å². The summed E-state index contributed by atoms with van der Waals surface area (Å²) in [4.78, 5) is 0. The Balaban J connectivity index is 2.44. The molecule has 0 aliphatic heterocycles. The molecule has 0 spiro atoms. The van der Waals surface area contributed by atoms with Crippen molar-refractivity contribution >= 4 is 11.5 Å². The lowest BCUT2D eigenvalue weighted by atomic mass is 10.1. The molecule has 6 nitrogen and oxygen atoms in total. The van der Waals surface area contributed by atoms with Gasteiger partial charge in [0.05, 0.1) is 19.2 Å². The fraction of sp³-hybridized carbons (Fsp3) is 0.231. The maximum atomic E-state index is 7.63. The molecule has 0 atom stereocenters. The summed E-state index contributed by atoms with van der Waals surface area (Å²) < 4.78 is 7.14. The second kappa shape index (κ2) is 5.43. The number of hydrogen-bond acceptors (Lipinski definition) is 4. The highest BCUT2D eigenvalue weighted by molar-refractivity contribution is 6.03. The van der Waals surface area contributed by atoms with Crippen molar-refractivity contribution in [1.29, 1.82) is 5.41 Å². The van der Waals surface area contributed by atoms with E-state index in [-0.39, 0.29) is 5.84 Å². The lowest BCUT2D eigenvalue weighted by Gasteiger charge is -2.15. The Hall–Kier alpha value is -2.50. The van der Waals surface area contributed by atoms with Gasteiger partial charge in [0.2, 0.25) is 0 Å². The minimum absolute atomic E-state index is 0.0214. The monoisotopic (exact) mass is 259 g/mol. The van der Waals surface area contributed by atoms with E-state index in [1.54, 1.807) is 20.4 Å². The Kier molecular flexibility index (Phi) is 3.70. The third kappa shape index (κ3) is 2.67. The number of nitrogens with zero attached hydrogens (tertiary/aromatic N) is 2. The minimum Gasteiger partial charge on any atom is -0.496 e. The van der Waals surface area contributed by atoms with E-state index < -0.39 is 0 Å². The van der Waals surface area contributed by atoms with E-state index in [2.05, 4.69) is 10.4 Å². The quantitative estimate of drug-likeness (QED) is 0.557. The van der Waals surface area contributed by atoms with E-state index in [9.17, 15) is 0 Å². The summed E-state index contributed by atoms with van der Waals surface area (Å²) in [6.45, 7) is 0.635. The van der Waals surface area contributed by atoms with Gasteiger partial charge in [0.25, 0.3) is 0 Å². The van der Waals surface area contributed by atoms with Gasteiger partial charge in [-0.3, -0.25) is 10.1 Å². The molecule has 6 heteroatoms. The van der Waals surface area contributed by atoms with Crippen LogP contribution >= 0.6 is 0 Å². The highest BCUT2D eigenvalue weighted by Crippen LogP contribution is 2.28. The first-order valence-electron chi connectivity index (χ1n) is 5.86. The van der Waals surface area contributed by atoms with Crippen molar-refractivity contribution in [2.75, 3.05) is 19.5 Å². The normalized spacial score (nSPS) is 10.2. The standard InChI is InChI=1S/C13H17N5O/c1-16-10-6-9(8-18-5-3-4-17-18)7-11(19-2)12(10)13(14)15/h3-7,16H,8H2,1-2H3,(H3,14,15). The number of methoxy groups -OCH3 is 1. The molecule has 100 valence electrons. The lowest BCUT2D eigenvalue weighted by molar-refractivity contribution is 0.413. The maximum absolute atomic E-state index is 7.63. The van der Waals surface area contributed by atoms with Gasteiger partial charge in [-0.25, -0.2) is 0 Å². The second-order valence-electron chi connectivity index (χ2n) is 4.09. The Morgan fingerprint density at radius 1 is 1.53 bits per heavy atom. The summed E-state index contributed by atoms with van der Waals surface area (Å²) in [5.41, 5.74) is 7.97. The van der Waals surface area contributed by atoms with Gasteiger partial charge in [-0.2, -0.15) is 5.10 Å². The van der Waals surface area contributed by atoms with Crippen LogP contribution in [0.15, 0.2) is 30.6 Å². The van der Waals surface area contributed by atoms with Crippen molar-refractivity contribution in [2.45, 2.75) is 6.54 Å². The van der Waals surface area contributed by atoms with E-state index in [0.29, 0.717) is 17.9 Å². The van der Waals surface area contributed by atoms with Crippen molar-refractivity contribution in [3.05, 3.63) is 41.7 Å². The first-order valence-corrected chi connectivity index (χ1v) is 5.86. The van der Waals surface area contributed by atoms with Gasteiger partial charge in [-0.1, -0.05) is 0 Å². The fourth-order valence-corrected chi connectivity index (χ4v) is 1.98. The van der Waals surface area contributed by atoms with Crippen molar-refractivity contribution in [1.82, 2.24) is 9.78 Å². The summed E-state index contributed by atoms with van der Waals surface area (Å²) in [5, 5.41) is 14.8. The number of benzene rings is 1. The zero-order valence-electron chi connectivity index (χ0n) is 11.0. The third-order valence-electron chi connectivity index (χ3n) is 2.82. The van der Waals surface area contributed by atoms with Crippen molar-refractivity contribution in [3.63, 3.8) is 0 Å². The molecular formula is C13H17N5O. The van der Waals surface area contributed by atoms with E-state index in [1.807, 2.05) is 29.1 Å². The highest BCUT2D eigenvalue weighted by atomic mass is 16.5. The van der Waals surface area contributed by atoms with Crippen LogP contribution in [0.3, 0.4) is 0 Å². The second-order valence-corrected chi connectivity index (χ2v) is 4.09. The van der Waals surface area contributed by atoms with Crippen LogP contribution in [0.1, 0.15) is 11.1 Å². The highest BCUT2D eigenvalue weighted by Gasteiger charge is 2.13. The molecule has 0 radical (unpaired) electrons. The molecule has 1 aromatic heterocycles. The number of rotatable bonds is 5. The number of nitrogens with one attached hydrogen (secondary N) is 2. The van der Waals surface area contributed by atoms with Crippen molar-refractivity contribution < 1.29 is 4.74 Å². The van der Waals surface area contributed by atoms with Gasteiger partial charge in [-0.05, 0) is 23.8 Å². The molecule has 0 saturated heterocycles. The van der Waals surface area contributed by atoms with Crippen LogP contribution in [-0.2, 0) is 6.54 Å². The minimum atomic E-state index is -0.0214. The molecular weight excluding hydrogens is 242 g/mol. The van der Waals surface area contributed by atoms with Crippen molar-refractivity contribution in [3.8, 4) is 5.75 Å². The first-order chi connectivity index (χ1) is 9.15. The van der Waals surface area contributed by atoms with Crippen LogP contribution in [0, 0.1) is 5.41 Å². The molecule has 1 heterocycles. The number of amidine groups is 1. The van der Waals surface area contributed by atoms with Crippen LogP contribution in [-0.4, -0.2) is 29.8 Å². The topological polar surface area (TPSA) is 89.0 Å². The zero-order chi connectivity index (χ0) is 13.8. The number of nitrogen functional groups attached to an aromatic ring is 1. The predicted octanol–water partition coefficient (Wildman–Crippen LogP) is 1.27. The molecule has 0 bridgehead atoms. The molecule has 0 aliphatic carbocycles. The number of hydrogen-bond donors (Lipinski definition) is 3. The molecule has 0 unspecified atom stereocenters. The Morgan fingerprint density at radius 2 is 2.32 bits per heavy atom. The van der Waals surface area contributed by atoms with Gasteiger partial charge < -0.3 is 15.8 Å². The van der Waals surface area contributed by atoms with Crippen LogP contribution in [0.4, 0.5) is 5.69 Å². The molecule has 4 N–H and O–H groups in total. The summed E-state index contributed by atoms with van der Waals surface area (Å²) in [6, 6.07) is 5.69. The van der Waals surface area contributed by atoms with Crippen LogP contribution in [0.25, 0.3) is 0 Å². The summed E-state index contributed by atoms with van der Waals surface area (Å²) >= 11 is 0. The van der Waals surface area contributed by atoms with Gasteiger partial charge >= 0.3 is 0 Å². The fourth-order valence-electron chi connectivity index (χ4n) is 1.98. The van der Waals surface area contributed by atoms with Crippen LogP contribution < -0.4 is 15.8 Å². The first kappa shape index (κ1) is 12.9. The van der Waals surface area contributed by atoms with E-state index in [4.69, 9.17) is 15.9 Å². The third-order valence-corrected chi connectivity index (χ3v) is 2.82. The largest absolute Gasteiger partial charge is 0.496 e. The summed E-state index contributed by atoms with van der Waals surface area (Å²) in [6.07, 6.45) is 3.63. The Morgan fingerprint density at radius 3 is 2.84 bits per heavy atom. The van der Waals surface area contributed by atoms with Gasteiger partial charge in [0.1, 0.15) is 11.6 Å². The molecule has 2 aromatic rings. The Labute approximate surface area is 111 Å². The average molecular weight is 259 g/mol. The van der Waals surface area contributed by atoms with E-state index in [1.165, 1.54) is 0 Å². The van der Waals surface area contributed by atoms with Crippen LogP contribution in [0.2, 0.25) is 0 Å². The summed E-state index contributed by atoms with van der Waals surface area (Å²) in [5.74, 6) is 0.563. The smallest absolute Gasteiger partial charge is 0.132 e. The molecule has 0 amide bonds. The van der Waals surface area contributed by atoms with E-state index >= 15 is 0 Å². The molecule has 2 rings (SSSR count). The van der Waals surface area contributed by atoms with Gasteiger partial charge in [0.15, 0.2) is 0 Å². The predicted molar refractivity (Wildman–Crippen MR) is 74.9 cm³/mol. The number of anilines is 1. The molecule has 19 heavy (non-hydrogen) atoms. The lowest BCUT2D eigenvalue weighted by Crippen LogP contribution is -2.16. The van der Waals surface area contributed by atoms with Gasteiger partial charge in [-0.15, -0.1) is 0 Å². The van der Waals surface area contributed by atoms with Crippen LogP contribution in [0.5, 0.6) is 5.75 Å². The Bertz CT molecular complexity index is 552. The molecule has 0 saturated carbocycles. The average Bonchev–Trinajstić information content (AvgIpc) is 2.90. The SMILES string of the molecule is CNc1cc(Cn2cccn2)cc(OC)c1C(=N)N. The number of aromatic nitrogens is 2. The summed E-state index contributed by atoms with van der Waals surface area (Å²) in [7, 11) is 3.36. The maximum Gasteiger partial charge on any atom is 0.132 e. The number of ether oxygens (including phenoxy) is 1. The molecule has 0 aliphatic rings. The van der Waals surface area contributed by atoms with Gasteiger partial charge in [0, 0.05) is 25.1 Å². The zero-order valence-corrected chi connectivity index (χ0v) is 11.0. The molecule has 0 fully saturated rings.